The molecule has 1 fully saturated rings. The fourth-order valence-electron chi connectivity index (χ4n) is 3.38. The van der Waals surface area contributed by atoms with Gasteiger partial charge in [-0.25, -0.2) is 9.78 Å². The lowest BCUT2D eigenvalue weighted by Gasteiger charge is -2.35. The highest BCUT2D eigenvalue weighted by molar-refractivity contribution is 5.79. The number of methoxy groups -OCH3 is 1. The predicted molar refractivity (Wildman–Crippen MR) is 103 cm³/mol. The number of hydrogen-bond acceptors (Lipinski definition) is 7. The summed E-state index contributed by atoms with van der Waals surface area (Å²) in [7, 11) is 1.57. The number of para-hydroxylation sites is 2. The topological polar surface area (TPSA) is 93.7 Å². The van der Waals surface area contributed by atoms with Gasteiger partial charge in [0, 0.05) is 32.2 Å². The highest BCUT2D eigenvalue weighted by Crippen LogP contribution is 2.19. The maximum absolute atomic E-state index is 12.7. The molecule has 2 aromatic heterocycles. The van der Waals surface area contributed by atoms with Crippen molar-refractivity contribution >= 4 is 22.8 Å². The minimum absolute atomic E-state index is 0.0315. The van der Waals surface area contributed by atoms with E-state index in [1.165, 1.54) is 4.57 Å². The third-order valence-corrected chi connectivity index (χ3v) is 4.83. The van der Waals surface area contributed by atoms with Crippen molar-refractivity contribution in [2.24, 2.45) is 0 Å². The molecule has 4 rings (SSSR count). The summed E-state index contributed by atoms with van der Waals surface area (Å²) in [6.45, 7) is 4.18. The maximum Gasteiger partial charge on any atom is 0.420 e. The van der Waals surface area contributed by atoms with E-state index < -0.39 is 5.76 Å². The summed E-state index contributed by atoms with van der Waals surface area (Å²) in [5.74, 6) is 1.32. The third-order valence-electron chi connectivity index (χ3n) is 4.83. The molecule has 3 heterocycles. The molecule has 28 heavy (non-hydrogen) atoms. The number of amides is 1. The van der Waals surface area contributed by atoms with Crippen LogP contribution in [0.25, 0.3) is 11.1 Å². The van der Waals surface area contributed by atoms with Gasteiger partial charge in [0.2, 0.25) is 11.8 Å². The average Bonchev–Trinajstić information content (AvgIpc) is 3.03. The summed E-state index contributed by atoms with van der Waals surface area (Å²) in [6, 6.07) is 8.89. The minimum Gasteiger partial charge on any atom is -0.481 e. The highest BCUT2D eigenvalue weighted by Gasteiger charge is 2.24. The minimum atomic E-state index is -0.517. The molecule has 9 nitrogen and oxygen atoms in total. The lowest BCUT2D eigenvalue weighted by molar-refractivity contribution is -0.132. The molecule has 1 saturated heterocycles. The first kappa shape index (κ1) is 18.0. The smallest absolute Gasteiger partial charge is 0.420 e. The van der Waals surface area contributed by atoms with Gasteiger partial charge in [0.1, 0.15) is 18.2 Å². The Hall–Kier alpha value is -3.36. The summed E-state index contributed by atoms with van der Waals surface area (Å²) < 4.78 is 11.8. The van der Waals surface area contributed by atoms with Crippen molar-refractivity contribution in [3.05, 3.63) is 46.7 Å². The largest absolute Gasteiger partial charge is 0.481 e. The molecule has 146 valence electrons. The second-order valence-electron chi connectivity index (χ2n) is 6.61. The lowest BCUT2D eigenvalue weighted by atomic mass is 10.3. The molecular weight excluding hydrogens is 362 g/mol. The zero-order valence-corrected chi connectivity index (χ0v) is 15.8. The van der Waals surface area contributed by atoms with E-state index in [4.69, 9.17) is 9.15 Å². The van der Waals surface area contributed by atoms with Crippen molar-refractivity contribution in [1.29, 1.82) is 0 Å². The number of benzene rings is 1. The van der Waals surface area contributed by atoms with E-state index in [1.54, 1.807) is 36.3 Å². The van der Waals surface area contributed by atoms with E-state index in [0.29, 0.717) is 49.0 Å². The molecule has 1 aromatic carbocycles. The van der Waals surface area contributed by atoms with Gasteiger partial charge in [0.25, 0.3) is 0 Å². The van der Waals surface area contributed by atoms with Crippen LogP contribution in [0.15, 0.2) is 39.5 Å². The monoisotopic (exact) mass is 383 g/mol. The maximum atomic E-state index is 12.7. The van der Waals surface area contributed by atoms with E-state index in [-0.39, 0.29) is 12.5 Å². The van der Waals surface area contributed by atoms with Crippen LogP contribution in [0.5, 0.6) is 5.88 Å². The van der Waals surface area contributed by atoms with Crippen molar-refractivity contribution < 1.29 is 13.9 Å². The van der Waals surface area contributed by atoms with Crippen molar-refractivity contribution in [3.8, 4) is 5.88 Å². The number of ether oxygens (including phenoxy) is 1. The number of fused-ring (bicyclic) bond motifs is 1. The van der Waals surface area contributed by atoms with E-state index in [0.717, 1.165) is 5.82 Å². The van der Waals surface area contributed by atoms with Crippen molar-refractivity contribution in [3.63, 3.8) is 0 Å². The van der Waals surface area contributed by atoms with Crippen LogP contribution in [0, 0.1) is 6.92 Å². The number of rotatable bonds is 4. The number of hydrogen-bond donors (Lipinski definition) is 0. The molecular formula is C19H21N5O4. The van der Waals surface area contributed by atoms with Crippen LogP contribution in [0.1, 0.15) is 5.82 Å². The Morgan fingerprint density at radius 3 is 2.68 bits per heavy atom. The van der Waals surface area contributed by atoms with E-state index >= 15 is 0 Å². The fraction of sp³-hybridized carbons (Fsp3) is 0.368. The number of carbonyl (C=O) groups is 1. The summed E-state index contributed by atoms with van der Waals surface area (Å²) in [5, 5.41) is 0. The highest BCUT2D eigenvalue weighted by atomic mass is 16.5. The molecule has 0 aliphatic carbocycles. The lowest BCUT2D eigenvalue weighted by Crippen LogP contribution is -2.50. The van der Waals surface area contributed by atoms with Gasteiger partial charge in [-0.3, -0.25) is 9.36 Å². The van der Waals surface area contributed by atoms with Crippen LogP contribution in [-0.2, 0) is 11.3 Å². The van der Waals surface area contributed by atoms with Gasteiger partial charge in [0.05, 0.1) is 12.6 Å². The summed E-state index contributed by atoms with van der Waals surface area (Å²) in [6.07, 6.45) is 0. The first-order valence-electron chi connectivity index (χ1n) is 9.06. The zero-order valence-electron chi connectivity index (χ0n) is 15.8. The second-order valence-corrected chi connectivity index (χ2v) is 6.61. The molecule has 0 bridgehead atoms. The fourth-order valence-corrected chi connectivity index (χ4v) is 3.38. The van der Waals surface area contributed by atoms with Gasteiger partial charge in [-0.05, 0) is 19.1 Å². The van der Waals surface area contributed by atoms with Crippen LogP contribution in [0.3, 0.4) is 0 Å². The number of nitrogens with zero attached hydrogens (tertiary/aromatic N) is 5. The van der Waals surface area contributed by atoms with Gasteiger partial charge in [-0.2, -0.15) is 4.98 Å². The zero-order chi connectivity index (χ0) is 19.7. The van der Waals surface area contributed by atoms with Crippen molar-refractivity contribution in [2.75, 3.05) is 38.2 Å². The number of piperazine rings is 1. The average molecular weight is 383 g/mol. The molecule has 0 atom stereocenters. The molecule has 1 amide bonds. The van der Waals surface area contributed by atoms with Crippen molar-refractivity contribution in [1.82, 2.24) is 19.4 Å². The Balaban J connectivity index is 1.43. The Morgan fingerprint density at radius 2 is 1.93 bits per heavy atom. The number of aromatic nitrogens is 3. The van der Waals surface area contributed by atoms with E-state index in [2.05, 4.69) is 14.9 Å². The molecule has 0 radical (unpaired) electrons. The van der Waals surface area contributed by atoms with Crippen LogP contribution in [-0.4, -0.2) is 58.6 Å². The molecule has 1 aliphatic rings. The van der Waals surface area contributed by atoms with Crippen LogP contribution in [0.4, 0.5) is 5.82 Å². The van der Waals surface area contributed by atoms with E-state index in [9.17, 15) is 9.59 Å². The van der Waals surface area contributed by atoms with Gasteiger partial charge >= 0.3 is 5.76 Å². The molecule has 0 spiro atoms. The summed E-state index contributed by atoms with van der Waals surface area (Å²) in [5.41, 5.74) is 1.11. The molecule has 9 heteroatoms. The third kappa shape index (κ3) is 3.42. The summed E-state index contributed by atoms with van der Waals surface area (Å²) in [4.78, 5) is 37.3. The van der Waals surface area contributed by atoms with Crippen LogP contribution in [0.2, 0.25) is 0 Å². The molecule has 0 saturated carbocycles. The Labute approximate surface area is 161 Å². The predicted octanol–water partition coefficient (Wildman–Crippen LogP) is 1.05. The SMILES string of the molecule is COc1cc(N2CCN(C(=O)Cn3c(=O)oc4ccccc43)CC2)nc(C)n1. The Morgan fingerprint density at radius 1 is 1.18 bits per heavy atom. The second kappa shape index (κ2) is 7.34. The standard InChI is InChI=1S/C19H21N5O4/c1-13-20-16(11-17(21-13)27-2)22-7-9-23(10-8-22)18(25)12-24-14-5-3-4-6-15(14)28-19(24)26/h3-6,11H,7-10,12H2,1-2H3. The van der Waals surface area contributed by atoms with Crippen molar-refractivity contribution in [2.45, 2.75) is 13.5 Å². The number of aryl methyl sites for hydroxylation is 1. The Bertz CT molecular complexity index is 1070. The van der Waals surface area contributed by atoms with E-state index in [1.807, 2.05) is 13.0 Å². The van der Waals surface area contributed by atoms with Gasteiger partial charge in [0.15, 0.2) is 5.58 Å². The normalized spacial score (nSPS) is 14.5. The Kier molecular flexibility index (Phi) is 4.72. The molecule has 3 aromatic rings. The van der Waals surface area contributed by atoms with Gasteiger partial charge in [-0.15, -0.1) is 0 Å². The quantitative estimate of drug-likeness (QED) is 0.665. The first-order chi connectivity index (χ1) is 13.5. The van der Waals surface area contributed by atoms with Gasteiger partial charge < -0.3 is 19.0 Å². The molecule has 0 unspecified atom stereocenters. The summed E-state index contributed by atoms with van der Waals surface area (Å²) >= 11 is 0. The number of carbonyl (C=O) groups excluding carboxylic acids is 1. The molecule has 1 aliphatic heterocycles. The van der Waals surface area contributed by atoms with Crippen LogP contribution >= 0.6 is 0 Å². The van der Waals surface area contributed by atoms with Crippen LogP contribution < -0.4 is 15.4 Å². The van der Waals surface area contributed by atoms with Gasteiger partial charge in [-0.1, -0.05) is 12.1 Å². The first-order valence-corrected chi connectivity index (χ1v) is 9.06. The number of anilines is 1. The number of oxazole rings is 1. The molecule has 0 N–H and O–H groups in total.